The number of benzene rings is 2. The fraction of sp³-hybridized carbons (Fsp3) is 0.429. The van der Waals surface area contributed by atoms with Crippen LogP contribution in [0.15, 0.2) is 48.5 Å². The monoisotopic (exact) mass is 327 g/mol. The highest BCUT2D eigenvalue weighted by Gasteiger charge is 2.17. The fourth-order valence-corrected chi connectivity index (χ4v) is 2.44. The van der Waals surface area contributed by atoms with Gasteiger partial charge in [-0.25, -0.2) is 0 Å². The molecule has 0 saturated carbocycles. The summed E-state index contributed by atoms with van der Waals surface area (Å²) in [6.45, 7) is 8.46. The van der Waals surface area contributed by atoms with E-state index in [0.29, 0.717) is 19.8 Å². The van der Waals surface area contributed by atoms with E-state index in [4.69, 9.17) is 15.2 Å². The minimum atomic E-state index is 0.206. The van der Waals surface area contributed by atoms with Crippen LogP contribution in [0.25, 0.3) is 0 Å². The van der Waals surface area contributed by atoms with E-state index in [1.807, 2.05) is 24.3 Å². The SMILES string of the molecule is CCC(C)(C)c1ccc(OCCOc2ccc(CCN)cc2)cc1. The molecule has 2 aromatic carbocycles. The Balaban J connectivity index is 1.76. The molecule has 0 saturated heterocycles. The molecular weight excluding hydrogens is 298 g/mol. The lowest BCUT2D eigenvalue weighted by Crippen LogP contribution is -2.15. The maximum Gasteiger partial charge on any atom is 0.122 e. The van der Waals surface area contributed by atoms with Gasteiger partial charge in [0.1, 0.15) is 24.7 Å². The second-order valence-electron chi connectivity index (χ2n) is 6.64. The molecule has 130 valence electrons. The van der Waals surface area contributed by atoms with Crippen LogP contribution in [0.1, 0.15) is 38.3 Å². The Morgan fingerprint density at radius 2 is 1.33 bits per heavy atom. The molecule has 0 fully saturated rings. The van der Waals surface area contributed by atoms with Crippen molar-refractivity contribution in [3.05, 3.63) is 59.7 Å². The second kappa shape index (κ2) is 8.74. The molecular formula is C21H29NO2. The van der Waals surface area contributed by atoms with Gasteiger partial charge in [-0.1, -0.05) is 45.0 Å². The first-order valence-electron chi connectivity index (χ1n) is 8.70. The highest BCUT2D eigenvalue weighted by molar-refractivity contribution is 5.31. The molecule has 0 spiro atoms. The van der Waals surface area contributed by atoms with Gasteiger partial charge in [-0.2, -0.15) is 0 Å². The minimum Gasteiger partial charge on any atom is -0.490 e. The average Bonchev–Trinajstić information content (AvgIpc) is 2.61. The van der Waals surface area contributed by atoms with Gasteiger partial charge >= 0.3 is 0 Å². The van der Waals surface area contributed by atoms with Gasteiger partial charge in [0.2, 0.25) is 0 Å². The Morgan fingerprint density at radius 1 is 0.833 bits per heavy atom. The van der Waals surface area contributed by atoms with Crippen molar-refractivity contribution in [2.24, 2.45) is 5.73 Å². The van der Waals surface area contributed by atoms with Crippen LogP contribution >= 0.6 is 0 Å². The molecule has 2 N–H and O–H groups in total. The third-order valence-electron chi connectivity index (χ3n) is 4.50. The van der Waals surface area contributed by atoms with E-state index in [9.17, 15) is 0 Å². The van der Waals surface area contributed by atoms with Crippen LogP contribution in [-0.2, 0) is 11.8 Å². The average molecular weight is 327 g/mol. The van der Waals surface area contributed by atoms with E-state index in [-0.39, 0.29) is 5.41 Å². The molecule has 0 bridgehead atoms. The van der Waals surface area contributed by atoms with Crippen LogP contribution in [0, 0.1) is 0 Å². The summed E-state index contributed by atoms with van der Waals surface area (Å²) >= 11 is 0. The van der Waals surface area contributed by atoms with Gasteiger partial charge in [0, 0.05) is 0 Å². The molecule has 2 rings (SSSR count). The Kier molecular flexibility index (Phi) is 6.68. The standard InChI is InChI=1S/C21H29NO2/c1-4-21(2,3)18-7-11-20(12-8-18)24-16-15-23-19-9-5-17(6-10-19)13-14-22/h5-12H,4,13-16,22H2,1-3H3. The Hall–Kier alpha value is -2.00. The minimum absolute atomic E-state index is 0.206. The van der Waals surface area contributed by atoms with Crippen LogP contribution in [0.3, 0.4) is 0 Å². The molecule has 24 heavy (non-hydrogen) atoms. The van der Waals surface area contributed by atoms with Gasteiger partial charge < -0.3 is 15.2 Å². The molecule has 0 aliphatic rings. The summed E-state index contributed by atoms with van der Waals surface area (Å²) < 4.78 is 11.4. The fourth-order valence-electron chi connectivity index (χ4n) is 2.44. The smallest absolute Gasteiger partial charge is 0.122 e. The first-order valence-corrected chi connectivity index (χ1v) is 8.70. The molecule has 0 unspecified atom stereocenters. The zero-order valence-corrected chi connectivity index (χ0v) is 15.0. The maximum absolute atomic E-state index is 5.75. The summed E-state index contributed by atoms with van der Waals surface area (Å²) in [4.78, 5) is 0. The normalized spacial score (nSPS) is 11.3. The topological polar surface area (TPSA) is 44.5 Å². The quantitative estimate of drug-likeness (QED) is 0.697. The molecule has 0 aliphatic heterocycles. The van der Waals surface area contributed by atoms with Gasteiger partial charge in [0.05, 0.1) is 0 Å². The summed E-state index contributed by atoms with van der Waals surface area (Å²) in [7, 11) is 0. The highest BCUT2D eigenvalue weighted by Crippen LogP contribution is 2.28. The van der Waals surface area contributed by atoms with Gasteiger partial charge in [0.15, 0.2) is 0 Å². The van der Waals surface area contributed by atoms with Crippen molar-refractivity contribution in [2.45, 2.75) is 39.0 Å². The van der Waals surface area contributed by atoms with E-state index in [1.165, 1.54) is 11.1 Å². The van der Waals surface area contributed by atoms with Crippen molar-refractivity contribution in [3.8, 4) is 11.5 Å². The van der Waals surface area contributed by atoms with E-state index in [2.05, 4.69) is 45.0 Å². The third-order valence-corrected chi connectivity index (χ3v) is 4.50. The van der Waals surface area contributed by atoms with Crippen LogP contribution in [0.2, 0.25) is 0 Å². The number of rotatable bonds is 9. The third kappa shape index (κ3) is 5.27. The summed E-state index contributed by atoms with van der Waals surface area (Å²) in [5.41, 5.74) is 8.32. The predicted molar refractivity (Wildman–Crippen MR) is 99.9 cm³/mol. The van der Waals surface area contributed by atoms with Crippen molar-refractivity contribution < 1.29 is 9.47 Å². The number of ether oxygens (including phenoxy) is 2. The van der Waals surface area contributed by atoms with Crippen LogP contribution < -0.4 is 15.2 Å². The van der Waals surface area contributed by atoms with Gasteiger partial charge in [0.25, 0.3) is 0 Å². The Morgan fingerprint density at radius 3 is 1.79 bits per heavy atom. The second-order valence-corrected chi connectivity index (χ2v) is 6.64. The molecule has 2 aromatic rings. The number of nitrogens with two attached hydrogens (primary N) is 1. The summed E-state index contributed by atoms with van der Waals surface area (Å²) in [6.07, 6.45) is 2.01. The van der Waals surface area contributed by atoms with E-state index >= 15 is 0 Å². The highest BCUT2D eigenvalue weighted by atomic mass is 16.5. The van der Waals surface area contributed by atoms with Crippen molar-refractivity contribution >= 4 is 0 Å². The van der Waals surface area contributed by atoms with Gasteiger partial charge in [-0.05, 0) is 60.2 Å². The van der Waals surface area contributed by atoms with E-state index in [0.717, 1.165) is 24.3 Å². The van der Waals surface area contributed by atoms with Crippen molar-refractivity contribution in [2.75, 3.05) is 19.8 Å². The molecule has 0 heterocycles. The molecule has 0 radical (unpaired) electrons. The lowest BCUT2D eigenvalue weighted by atomic mass is 9.82. The molecule has 3 heteroatoms. The molecule has 3 nitrogen and oxygen atoms in total. The lowest BCUT2D eigenvalue weighted by Gasteiger charge is -2.23. The first kappa shape index (κ1) is 18.3. The van der Waals surface area contributed by atoms with Crippen molar-refractivity contribution in [1.82, 2.24) is 0 Å². The summed E-state index contributed by atoms with van der Waals surface area (Å²) in [5.74, 6) is 1.74. The van der Waals surface area contributed by atoms with Gasteiger partial charge in [-0.3, -0.25) is 0 Å². The summed E-state index contributed by atoms with van der Waals surface area (Å²) in [6, 6.07) is 16.4. The predicted octanol–water partition coefficient (Wildman–Crippen LogP) is 4.33. The Labute approximate surface area is 145 Å². The molecule has 0 amide bonds. The number of hydrogen-bond donors (Lipinski definition) is 1. The zero-order valence-electron chi connectivity index (χ0n) is 15.0. The summed E-state index contributed by atoms with van der Waals surface area (Å²) in [5, 5.41) is 0. The van der Waals surface area contributed by atoms with Crippen LogP contribution in [0.4, 0.5) is 0 Å². The first-order chi connectivity index (χ1) is 11.5. The van der Waals surface area contributed by atoms with Crippen LogP contribution in [0.5, 0.6) is 11.5 Å². The zero-order chi connectivity index (χ0) is 17.4. The number of hydrogen-bond acceptors (Lipinski definition) is 3. The molecule has 0 atom stereocenters. The van der Waals surface area contributed by atoms with Crippen molar-refractivity contribution in [1.29, 1.82) is 0 Å². The lowest BCUT2D eigenvalue weighted by molar-refractivity contribution is 0.217. The van der Waals surface area contributed by atoms with Crippen LogP contribution in [-0.4, -0.2) is 19.8 Å². The largest absolute Gasteiger partial charge is 0.490 e. The maximum atomic E-state index is 5.75. The Bertz CT molecular complexity index is 603. The van der Waals surface area contributed by atoms with Gasteiger partial charge in [-0.15, -0.1) is 0 Å². The van der Waals surface area contributed by atoms with Crippen molar-refractivity contribution in [3.63, 3.8) is 0 Å². The van der Waals surface area contributed by atoms with E-state index in [1.54, 1.807) is 0 Å². The molecule has 0 aromatic heterocycles. The molecule has 0 aliphatic carbocycles. The van der Waals surface area contributed by atoms with E-state index < -0.39 is 0 Å².